The number of piperidine rings is 1. The first-order chi connectivity index (χ1) is 9.17. The maximum atomic E-state index is 12.0. The van der Waals surface area contributed by atoms with Crippen molar-refractivity contribution >= 4 is 6.09 Å². The Morgan fingerprint density at radius 1 is 1.37 bits per heavy atom. The van der Waals surface area contributed by atoms with Crippen LogP contribution in [-0.4, -0.2) is 35.3 Å². The number of carbonyl (C=O) groups is 1. The first-order valence-electron chi connectivity index (χ1n) is 6.81. The number of carbonyl (C=O) groups excluding carboxylic acids is 1. The quantitative estimate of drug-likeness (QED) is 0.887. The van der Waals surface area contributed by atoms with E-state index in [9.17, 15) is 9.90 Å². The minimum Gasteiger partial charge on any atom is -0.445 e. The van der Waals surface area contributed by atoms with Crippen molar-refractivity contribution < 1.29 is 14.6 Å². The molecule has 1 amide bonds. The van der Waals surface area contributed by atoms with E-state index in [4.69, 9.17) is 4.74 Å². The van der Waals surface area contributed by atoms with Gasteiger partial charge >= 0.3 is 6.09 Å². The van der Waals surface area contributed by atoms with Gasteiger partial charge in [0, 0.05) is 13.1 Å². The summed E-state index contributed by atoms with van der Waals surface area (Å²) in [6.45, 7) is 1.42. The molecule has 1 N–H and O–H groups in total. The second-order valence-electron chi connectivity index (χ2n) is 5.78. The smallest absolute Gasteiger partial charge is 0.410 e. The molecule has 3 rings (SSSR count). The first kappa shape index (κ1) is 12.5. The van der Waals surface area contributed by atoms with E-state index in [-0.39, 0.29) is 11.5 Å². The van der Waals surface area contributed by atoms with E-state index in [1.807, 2.05) is 30.3 Å². The molecule has 0 aromatic heterocycles. The summed E-state index contributed by atoms with van der Waals surface area (Å²) in [5.41, 5.74) is 1.17. The number of ether oxygens (including phenoxy) is 1. The van der Waals surface area contributed by atoms with Crippen LogP contribution in [0.5, 0.6) is 0 Å². The van der Waals surface area contributed by atoms with Crippen LogP contribution in [0.3, 0.4) is 0 Å². The van der Waals surface area contributed by atoms with Crippen molar-refractivity contribution in [3.8, 4) is 0 Å². The molecule has 0 radical (unpaired) electrons. The predicted octanol–water partition coefficient (Wildman–Crippen LogP) is 2.17. The molecule has 0 bridgehead atoms. The Kier molecular flexibility index (Phi) is 3.19. The molecule has 2 aliphatic rings. The van der Waals surface area contributed by atoms with Crippen molar-refractivity contribution in [3.05, 3.63) is 35.9 Å². The molecule has 4 nitrogen and oxygen atoms in total. The van der Waals surface area contributed by atoms with Gasteiger partial charge in [0.25, 0.3) is 0 Å². The van der Waals surface area contributed by atoms with E-state index >= 15 is 0 Å². The standard InChI is InChI=1S/C15H19NO3/c17-13-8-15(6-7-15)11-16(9-13)14(18)19-10-12-4-2-1-3-5-12/h1-5,13,17H,6-11H2. The fourth-order valence-corrected chi connectivity index (χ4v) is 2.84. The molecule has 2 fully saturated rings. The van der Waals surface area contributed by atoms with E-state index in [0.29, 0.717) is 13.2 Å². The average molecular weight is 261 g/mol. The van der Waals surface area contributed by atoms with Gasteiger partial charge < -0.3 is 14.7 Å². The lowest BCUT2D eigenvalue weighted by molar-refractivity contribution is 0.0191. The zero-order valence-corrected chi connectivity index (χ0v) is 10.9. The van der Waals surface area contributed by atoms with E-state index < -0.39 is 6.10 Å². The van der Waals surface area contributed by atoms with Gasteiger partial charge in [0.2, 0.25) is 0 Å². The lowest BCUT2D eigenvalue weighted by Gasteiger charge is -2.35. The molecule has 1 unspecified atom stereocenters. The van der Waals surface area contributed by atoms with E-state index in [1.54, 1.807) is 4.90 Å². The van der Waals surface area contributed by atoms with Gasteiger partial charge in [0.1, 0.15) is 6.61 Å². The van der Waals surface area contributed by atoms with Crippen LogP contribution >= 0.6 is 0 Å². The third kappa shape index (κ3) is 2.89. The lowest BCUT2D eigenvalue weighted by atomic mass is 9.93. The van der Waals surface area contributed by atoms with Crippen LogP contribution in [0, 0.1) is 5.41 Å². The first-order valence-corrected chi connectivity index (χ1v) is 6.81. The fourth-order valence-electron chi connectivity index (χ4n) is 2.84. The number of benzene rings is 1. The molecule has 1 aliphatic carbocycles. The summed E-state index contributed by atoms with van der Waals surface area (Å²) in [6.07, 6.45) is 2.35. The van der Waals surface area contributed by atoms with E-state index in [0.717, 1.165) is 31.4 Å². The highest BCUT2D eigenvalue weighted by Crippen LogP contribution is 2.52. The zero-order valence-electron chi connectivity index (χ0n) is 10.9. The zero-order chi connectivity index (χ0) is 13.3. The Morgan fingerprint density at radius 2 is 2.11 bits per heavy atom. The van der Waals surface area contributed by atoms with E-state index in [1.165, 1.54) is 0 Å². The molecule has 1 saturated heterocycles. The van der Waals surface area contributed by atoms with Crippen molar-refractivity contribution in [1.82, 2.24) is 4.90 Å². The number of hydrogen-bond donors (Lipinski definition) is 1. The van der Waals surface area contributed by atoms with Gasteiger partial charge in [-0.05, 0) is 30.2 Å². The number of rotatable bonds is 2. The van der Waals surface area contributed by atoms with Gasteiger partial charge in [-0.15, -0.1) is 0 Å². The van der Waals surface area contributed by atoms with Gasteiger partial charge in [0.05, 0.1) is 6.10 Å². The molecular weight excluding hydrogens is 242 g/mol. The normalized spacial score (nSPS) is 24.3. The van der Waals surface area contributed by atoms with Crippen LogP contribution in [0.25, 0.3) is 0 Å². The summed E-state index contributed by atoms with van der Waals surface area (Å²) >= 11 is 0. The van der Waals surface area contributed by atoms with Crippen molar-refractivity contribution in [2.45, 2.75) is 32.0 Å². The van der Waals surface area contributed by atoms with E-state index in [2.05, 4.69) is 0 Å². The molecule has 1 aromatic rings. The van der Waals surface area contributed by atoms with Crippen LogP contribution in [0.2, 0.25) is 0 Å². The Hall–Kier alpha value is -1.55. The monoisotopic (exact) mass is 261 g/mol. The number of nitrogens with zero attached hydrogens (tertiary/aromatic N) is 1. The number of hydrogen-bond acceptors (Lipinski definition) is 3. The summed E-state index contributed by atoms with van der Waals surface area (Å²) in [5, 5.41) is 9.84. The molecular formula is C15H19NO3. The maximum absolute atomic E-state index is 12.0. The third-order valence-corrected chi connectivity index (χ3v) is 4.05. The van der Waals surface area contributed by atoms with Crippen LogP contribution < -0.4 is 0 Å². The molecule has 102 valence electrons. The summed E-state index contributed by atoms with van der Waals surface area (Å²) in [6, 6.07) is 9.64. The number of aliphatic hydroxyl groups is 1. The second-order valence-corrected chi connectivity index (χ2v) is 5.78. The minimum atomic E-state index is -0.402. The van der Waals surface area contributed by atoms with Crippen molar-refractivity contribution in [2.75, 3.05) is 13.1 Å². The van der Waals surface area contributed by atoms with Gasteiger partial charge in [-0.25, -0.2) is 4.79 Å². The molecule has 1 aromatic carbocycles. The van der Waals surface area contributed by atoms with Crippen molar-refractivity contribution in [3.63, 3.8) is 0 Å². The Morgan fingerprint density at radius 3 is 2.79 bits per heavy atom. The van der Waals surface area contributed by atoms with Gasteiger partial charge in [-0.3, -0.25) is 0 Å². The minimum absolute atomic E-state index is 0.184. The second kappa shape index (κ2) is 4.85. The summed E-state index contributed by atoms with van der Waals surface area (Å²) in [5.74, 6) is 0. The van der Waals surface area contributed by atoms with Crippen molar-refractivity contribution in [1.29, 1.82) is 0 Å². The number of β-amino-alcohol motifs (C(OH)–C–C–N with tert-alkyl or cyclic N) is 1. The predicted molar refractivity (Wildman–Crippen MR) is 70.5 cm³/mol. The molecule has 4 heteroatoms. The molecule has 1 heterocycles. The number of amides is 1. The fraction of sp³-hybridized carbons (Fsp3) is 0.533. The van der Waals surface area contributed by atoms with Crippen LogP contribution in [0.1, 0.15) is 24.8 Å². The summed E-state index contributed by atoms with van der Waals surface area (Å²) in [7, 11) is 0. The van der Waals surface area contributed by atoms with Gasteiger partial charge in [-0.1, -0.05) is 30.3 Å². The largest absolute Gasteiger partial charge is 0.445 e. The topological polar surface area (TPSA) is 49.8 Å². The average Bonchev–Trinajstić information content (AvgIpc) is 3.15. The Balaban J connectivity index is 1.55. The number of likely N-dealkylation sites (tertiary alicyclic amines) is 1. The maximum Gasteiger partial charge on any atom is 0.410 e. The van der Waals surface area contributed by atoms with Crippen LogP contribution in [-0.2, 0) is 11.3 Å². The van der Waals surface area contributed by atoms with Gasteiger partial charge in [-0.2, -0.15) is 0 Å². The van der Waals surface area contributed by atoms with Gasteiger partial charge in [0.15, 0.2) is 0 Å². The molecule has 1 spiro atoms. The summed E-state index contributed by atoms with van der Waals surface area (Å²) < 4.78 is 5.31. The number of aliphatic hydroxyl groups excluding tert-OH is 1. The van der Waals surface area contributed by atoms with Crippen molar-refractivity contribution in [2.24, 2.45) is 5.41 Å². The highest BCUT2D eigenvalue weighted by atomic mass is 16.6. The third-order valence-electron chi connectivity index (χ3n) is 4.05. The van der Waals surface area contributed by atoms with Crippen LogP contribution in [0.15, 0.2) is 30.3 Å². The summed E-state index contributed by atoms with van der Waals surface area (Å²) in [4.78, 5) is 13.7. The molecule has 1 saturated carbocycles. The molecule has 1 aliphatic heterocycles. The Labute approximate surface area is 113 Å². The SMILES string of the molecule is O=C(OCc1ccccc1)N1CC(O)CC2(CC2)C1. The lowest BCUT2D eigenvalue weighted by Crippen LogP contribution is -2.47. The highest BCUT2D eigenvalue weighted by molar-refractivity contribution is 5.68. The highest BCUT2D eigenvalue weighted by Gasteiger charge is 2.49. The molecule has 1 atom stereocenters. The molecule has 19 heavy (non-hydrogen) atoms. The van der Waals surface area contributed by atoms with Crippen LogP contribution in [0.4, 0.5) is 4.79 Å². The Bertz CT molecular complexity index is 456.